The molecule has 0 spiro atoms. The first kappa shape index (κ1) is 16.2. The van der Waals surface area contributed by atoms with E-state index in [1.807, 2.05) is 0 Å². The lowest BCUT2D eigenvalue weighted by molar-refractivity contribution is 0.152. The quantitative estimate of drug-likeness (QED) is 0.645. The molecule has 6 heteroatoms. The first-order valence-electron chi connectivity index (χ1n) is 7.43. The number of rotatable bonds is 5. The van der Waals surface area contributed by atoms with E-state index >= 15 is 0 Å². The average molecular weight is 315 g/mol. The minimum Gasteiger partial charge on any atom is -0.355 e. The van der Waals surface area contributed by atoms with Crippen LogP contribution >= 0.6 is 11.3 Å². The van der Waals surface area contributed by atoms with Crippen molar-refractivity contribution in [2.24, 2.45) is 4.99 Å². The summed E-state index contributed by atoms with van der Waals surface area (Å²) in [6.45, 7) is 0.377. The number of thiophene rings is 1. The van der Waals surface area contributed by atoms with Crippen molar-refractivity contribution >= 4 is 17.3 Å². The second kappa shape index (κ2) is 7.73. The van der Waals surface area contributed by atoms with E-state index in [1.165, 1.54) is 24.1 Å². The second-order valence-electron chi connectivity index (χ2n) is 5.52. The standard InChI is InChI=1S/C15H23F2N3S/c1-18-14(19-10-13(16)17)20-11-15(7-3-2-4-8-15)12-6-5-9-21-12/h5-6,9,13H,2-4,7-8,10-11H2,1H3,(H2,18,19,20). The molecule has 0 aliphatic heterocycles. The van der Waals surface area contributed by atoms with Gasteiger partial charge in [-0.15, -0.1) is 11.3 Å². The largest absolute Gasteiger partial charge is 0.355 e. The van der Waals surface area contributed by atoms with Gasteiger partial charge in [-0.1, -0.05) is 25.3 Å². The summed E-state index contributed by atoms with van der Waals surface area (Å²) in [5.41, 5.74) is 0.120. The number of nitrogens with zero attached hydrogens (tertiary/aromatic N) is 1. The van der Waals surface area contributed by atoms with Crippen LogP contribution < -0.4 is 10.6 Å². The van der Waals surface area contributed by atoms with Crippen LogP contribution in [0.25, 0.3) is 0 Å². The number of alkyl halides is 2. The molecule has 3 nitrogen and oxygen atoms in total. The minimum atomic E-state index is -2.37. The molecule has 0 radical (unpaired) electrons. The van der Waals surface area contributed by atoms with Gasteiger partial charge in [-0.3, -0.25) is 4.99 Å². The normalized spacial score (nSPS) is 18.8. The molecule has 0 amide bonds. The van der Waals surface area contributed by atoms with Gasteiger partial charge >= 0.3 is 0 Å². The molecule has 1 aliphatic carbocycles. The Morgan fingerprint density at radius 2 is 2.10 bits per heavy atom. The van der Waals surface area contributed by atoms with Crippen LogP contribution in [0.4, 0.5) is 8.78 Å². The highest BCUT2D eigenvalue weighted by atomic mass is 32.1. The monoisotopic (exact) mass is 315 g/mol. The third-order valence-corrected chi connectivity index (χ3v) is 5.21. The highest BCUT2D eigenvalue weighted by molar-refractivity contribution is 7.10. The summed E-state index contributed by atoms with van der Waals surface area (Å²) in [6.07, 6.45) is 3.65. The van der Waals surface area contributed by atoms with Crippen molar-refractivity contribution in [3.05, 3.63) is 22.4 Å². The van der Waals surface area contributed by atoms with Crippen molar-refractivity contribution in [2.45, 2.75) is 43.9 Å². The maximum absolute atomic E-state index is 12.3. The Balaban J connectivity index is 1.99. The molecule has 21 heavy (non-hydrogen) atoms. The molecular formula is C15H23F2N3S. The van der Waals surface area contributed by atoms with Gasteiger partial charge in [-0.05, 0) is 24.3 Å². The summed E-state index contributed by atoms with van der Waals surface area (Å²) >= 11 is 1.79. The summed E-state index contributed by atoms with van der Waals surface area (Å²) < 4.78 is 24.6. The van der Waals surface area contributed by atoms with Crippen LogP contribution in [-0.4, -0.2) is 32.5 Å². The van der Waals surface area contributed by atoms with E-state index in [2.05, 4.69) is 33.1 Å². The lowest BCUT2D eigenvalue weighted by Gasteiger charge is -2.37. The van der Waals surface area contributed by atoms with Gasteiger partial charge in [-0.25, -0.2) is 8.78 Å². The lowest BCUT2D eigenvalue weighted by Crippen LogP contribution is -2.47. The Morgan fingerprint density at radius 1 is 1.33 bits per heavy atom. The van der Waals surface area contributed by atoms with Crippen molar-refractivity contribution in [2.75, 3.05) is 20.1 Å². The van der Waals surface area contributed by atoms with E-state index in [9.17, 15) is 8.78 Å². The van der Waals surface area contributed by atoms with Crippen LogP contribution in [0.3, 0.4) is 0 Å². The number of halogens is 2. The molecule has 1 fully saturated rings. The first-order chi connectivity index (χ1) is 10.2. The molecule has 1 aromatic heterocycles. The molecule has 2 N–H and O–H groups in total. The van der Waals surface area contributed by atoms with Gasteiger partial charge in [-0.2, -0.15) is 0 Å². The van der Waals surface area contributed by atoms with Gasteiger partial charge in [0.05, 0.1) is 6.54 Å². The van der Waals surface area contributed by atoms with Gasteiger partial charge in [0.1, 0.15) is 0 Å². The van der Waals surface area contributed by atoms with E-state index in [0.29, 0.717) is 5.96 Å². The molecule has 0 atom stereocenters. The Morgan fingerprint density at radius 3 is 2.67 bits per heavy atom. The summed E-state index contributed by atoms with van der Waals surface area (Å²) in [7, 11) is 1.61. The highest BCUT2D eigenvalue weighted by Gasteiger charge is 2.34. The summed E-state index contributed by atoms with van der Waals surface area (Å²) in [5, 5.41) is 8.01. The maximum Gasteiger partial charge on any atom is 0.255 e. The Kier molecular flexibility index (Phi) is 5.96. The van der Waals surface area contributed by atoms with Gasteiger partial charge in [0, 0.05) is 23.9 Å². The third kappa shape index (κ3) is 4.40. The average Bonchev–Trinajstić information content (AvgIpc) is 3.03. The number of hydrogen-bond acceptors (Lipinski definition) is 2. The summed E-state index contributed by atoms with van der Waals surface area (Å²) in [6, 6.07) is 4.27. The Bertz CT molecular complexity index is 440. The predicted molar refractivity (Wildman–Crippen MR) is 84.5 cm³/mol. The zero-order valence-corrected chi connectivity index (χ0v) is 13.2. The zero-order chi connectivity index (χ0) is 15.1. The van der Waals surface area contributed by atoms with E-state index in [-0.39, 0.29) is 12.0 Å². The van der Waals surface area contributed by atoms with Gasteiger partial charge in [0.15, 0.2) is 5.96 Å². The molecule has 0 unspecified atom stereocenters. The van der Waals surface area contributed by atoms with Crippen molar-refractivity contribution in [3.63, 3.8) is 0 Å². The molecule has 1 aromatic rings. The van der Waals surface area contributed by atoms with Crippen LogP contribution in [0.15, 0.2) is 22.5 Å². The fraction of sp³-hybridized carbons (Fsp3) is 0.667. The molecule has 118 valence electrons. The van der Waals surface area contributed by atoms with E-state index in [4.69, 9.17) is 0 Å². The number of guanidine groups is 1. The number of aliphatic imine (C=N–C) groups is 1. The van der Waals surface area contributed by atoms with Gasteiger partial charge in [0.2, 0.25) is 0 Å². The molecule has 0 saturated heterocycles. The van der Waals surface area contributed by atoms with Crippen molar-refractivity contribution in [1.29, 1.82) is 0 Å². The van der Waals surface area contributed by atoms with Crippen LogP contribution in [0.5, 0.6) is 0 Å². The SMILES string of the molecule is CN=C(NCC(F)F)NCC1(c2cccs2)CCCCC1. The van der Waals surface area contributed by atoms with Crippen molar-refractivity contribution in [1.82, 2.24) is 10.6 Å². The van der Waals surface area contributed by atoms with Gasteiger partial charge in [0.25, 0.3) is 6.43 Å². The van der Waals surface area contributed by atoms with Crippen LogP contribution in [0.1, 0.15) is 37.0 Å². The van der Waals surface area contributed by atoms with E-state index in [0.717, 1.165) is 19.4 Å². The molecule has 1 saturated carbocycles. The second-order valence-corrected chi connectivity index (χ2v) is 6.46. The third-order valence-electron chi connectivity index (χ3n) is 4.10. The smallest absolute Gasteiger partial charge is 0.255 e. The molecule has 1 aliphatic rings. The van der Waals surface area contributed by atoms with Crippen molar-refractivity contribution in [3.8, 4) is 0 Å². The summed E-state index contributed by atoms with van der Waals surface area (Å²) in [5.74, 6) is 0.455. The fourth-order valence-electron chi connectivity index (χ4n) is 2.97. The van der Waals surface area contributed by atoms with Crippen LogP contribution in [0.2, 0.25) is 0 Å². The van der Waals surface area contributed by atoms with Crippen molar-refractivity contribution < 1.29 is 8.78 Å². The van der Waals surface area contributed by atoms with Gasteiger partial charge < -0.3 is 10.6 Å². The van der Waals surface area contributed by atoms with E-state index < -0.39 is 6.43 Å². The lowest BCUT2D eigenvalue weighted by atomic mass is 9.73. The molecule has 1 heterocycles. The predicted octanol–water partition coefficient (Wildman–Crippen LogP) is 3.38. The highest BCUT2D eigenvalue weighted by Crippen LogP contribution is 2.40. The Hall–Kier alpha value is -1.17. The zero-order valence-electron chi connectivity index (χ0n) is 12.4. The molecule has 0 aromatic carbocycles. The molecule has 2 rings (SSSR count). The molecule has 0 bridgehead atoms. The van der Waals surface area contributed by atoms with Crippen LogP contribution in [0, 0.1) is 0 Å². The van der Waals surface area contributed by atoms with E-state index in [1.54, 1.807) is 18.4 Å². The number of nitrogens with one attached hydrogen (secondary N) is 2. The molecular weight excluding hydrogens is 292 g/mol. The van der Waals surface area contributed by atoms with Crippen LogP contribution in [-0.2, 0) is 5.41 Å². The topological polar surface area (TPSA) is 36.4 Å². The first-order valence-corrected chi connectivity index (χ1v) is 8.31. The fourth-order valence-corrected chi connectivity index (χ4v) is 3.95. The minimum absolute atomic E-state index is 0.120. The maximum atomic E-state index is 12.3. The summed E-state index contributed by atoms with van der Waals surface area (Å²) in [4.78, 5) is 5.41. The Labute approximate surface area is 128 Å². The number of hydrogen-bond donors (Lipinski definition) is 2.